The quantitative estimate of drug-likeness (QED) is 0.537. The summed E-state index contributed by atoms with van der Waals surface area (Å²) >= 11 is 0. The second kappa shape index (κ2) is 7.46. The molecule has 1 saturated heterocycles. The van der Waals surface area contributed by atoms with E-state index in [2.05, 4.69) is 24.5 Å². The number of nitrogens with zero attached hydrogens (tertiary/aromatic N) is 7. The fraction of sp³-hybridized carbons (Fsp3) is 0.286. The van der Waals surface area contributed by atoms with E-state index in [9.17, 15) is 4.79 Å². The van der Waals surface area contributed by atoms with Crippen molar-refractivity contribution < 1.29 is 4.79 Å². The Hall–Kier alpha value is -3.55. The molecule has 1 atom stereocenters. The van der Waals surface area contributed by atoms with Gasteiger partial charge in [0.15, 0.2) is 0 Å². The maximum absolute atomic E-state index is 13.0. The van der Waals surface area contributed by atoms with Crippen LogP contribution in [-0.2, 0) is 6.54 Å². The molecule has 8 heteroatoms. The predicted molar refractivity (Wildman–Crippen MR) is 106 cm³/mol. The summed E-state index contributed by atoms with van der Waals surface area (Å²) in [5.41, 5.74) is 1.62. The van der Waals surface area contributed by atoms with Crippen molar-refractivity contribution >= 4 is 11.7 Å². The van der Waals surface area contributed by atoms with Gasteiger partial charge in [0, 0.05) is 68.9 Å². The van der Waals surface area contributed by atoms with Gasteiger partial charge in [0.05, 0.1) is 0 Å². The van der Waals surface area contributed by atoms with Crippen LogP contribution in [0.15, 0.2) is 61.6 Å². The number of imidazole rings is 2. The Balaban J connectivity index is 1.34. The van der Waals surface area contributed by atoms with Crippen LogP contribution in [-0.4, -0.2) is 52.8 Å². The summed E-state index contributed by atoms with van der Waals surface area (Å²) in [6.45, 7) is 2.13. The van der Waals surface area contributed by atoms with Crippen molar-refractivity contribution in [1.82, 2.24) is 33.8 Å². The summed E-state index contributed by atoms with van der Waals surface area (Å²) in [4.78, 5) is 32.2. The summed E-state index contributed by atoms with van der Waals surface area (Å²) in [5.74, 6) is 1.72. The molecule has 0 aromatic carbocycles. The van der Waals surface area contributed by atoms with E-state index in [1.54, 1.807) is 29.2 Å². The van der Waals surface area contributed by atoms with Gasteiger partial charge in [0.25, 0.3) is 5.91 Å². The minimum Gasteiger partial charge on any atom is -0.337 e. The van der Waals surface area contributed by atoms with Crippen molar-refractivity contribution in [3.8, 4) is 0 Å². The van der Waals surface area contributed by atoms with Crippen LogP contribution in [0.1, 0.15) is 40.6 Å². The second-order valence-electron chi connectivity index (χ2n) is 7.31. The van der Waals surface area contributed by atoms with Crippen LogP contribution in [0.3, 0.4) is 0 Å². The Morgan fingerprint density at radius 1 is 1.10 bits per heavy atom. The lowest BCUT2D eigenvalue weighted by atomic mass is 9.96. The highest BCUT2D eigenvalue weighted by molar-refractivity contribution is 5.92. The average Bonchev–Trinajstić information content (AvgIpc) is 3.41. The van der Waals surface area contributed by atoms with Crippen LogP contribution in [0.5, 0.6) is 0 Å². The zero-order valence-electron chi connectivity index (χ0n) is 15.9. The van der Waals surface area contributed by atoms with E-state index in [0.717, 1.165) is 31.8 Å². The number of hydrogen-bond donors (Lipinski definition) is 0. The lowest BCUT2D eigenvalue weighted by Crippen LogP contribution is -2.40. The highest BCUT2D eigenvalue weighted by Gasteiger charge is 2.29. The van der Waals surface area contributed by atoms with E-state index >= 15 is 0 Å². The third-order valence-electron chi connectivity index (χ3n) is 5.38. The van der Waals surface area contributed by atoms with E-state index in [1.165, 1.54) is 5.56 Å². The molecular formula is C21H21N7O. The Labute approximate surface area is 167 Å². The van der Waals surface area contributed by atoms with Gasteiger partial charge in [-0.2, -0.15) is 0 Å². The summed E-state index contributed by atoms with van der Waals surface area (Å²) in [6, 6.07) is 5.85. The monoisotopic (exact) mass is 387 g/mol. The van der Waals surface area contributed by atoms with Crippen molar-refractivity contribution in [2.45, 2.75) is 25.3 Å². The number of piperidine rings is 1. The zero-order chi connectivity index (χ0) is 19.6. The summed E-state index contributed by atoms with van der Waals surface area (Å²) in [5, 5.41) is 0. The van der Waals surface area contributed by atoms with E-state index in [0.29, 0.717) is 18.0 Å². The second-order valence-corrected chi connectivity index (χ2v) is 7.31. The molecule has 5 heterocycles. The first kappa shape index (κ1) is 17.5. The lowest BCUT2D eigenvalue weighted by Gasteiger charge is -2.32. The van der Waals surface area contributed by atoms with Crippen molar-refractivity contribution in [1.29, 1.82) is 0 Å². The average molecular weight is 387 g/mol. The fourth-order valence-corrected chi connectivity index (χ4v) is 3.97. The molecule has 1 amide bonds. The van der Waals surface area contributed by atoms with Gasteiger partial charge in [-0.15, -0.1) is 0 Å². The van der Waals surface area contributed by atoms with Crippen LogP contribution in [0.4, 0.5) is 0 Å². The Kier molecular flexibility index (Phi) is 4.51. The molecule has 0 bridgehead atoms. The zero-order valence-corrected chi connectivity index (χ0v) is 15.9. The van der Waals surface area contributed by atoms with Crippen molar-refractivity contribution in [3.63, 3.8) is 0 Å². The Morgan fingerprint density at radius 3 is 2.86 bits per heavy atom. The molecule has 8 nitrogen and oxygen atoms in total. The third kappa shape index (κ3) is 3.49. The Bertz CT molecular complexity index is 1100. The molecule has 1 aliphatic rings. The third-order valence-corrected chi connectivity index (χ3v) is 5.38. The molecule has 146 valence electrons. The van der Waals surface area contributed by atoms with Crippen molar-refractivity contribution in [3.05, 3.63) is 78.7 Å². The molecule has 0 saturated carbocycles. The number of carbonyl (C=O) groups excluding carboxylic acids is 1. The van der Waals surface area contributed by atoms with Crippen molar-refractivity contribution in [2.24, 2.45) is 0 Å². The molecule has 1 aliphatic heterocycles. The van der Waals surface area contributed by atoms with Gasteiger partial charge in [-0.1, -0.05) is 0 Å². The van der Waals surface area contributed by atoms with Gasteiger partial charge in [-0.3, -0.25) is 14.2 Å². The van der Waals surface area contributed by atoms with E-state index in [1.807, 2.05) is 41.7 Å². The SMILES string of the molecule is O=C(c1cn2cccnc2n1)N1CCCC(c2nccn2Cc2ccncc2)C1. The number of carbonyl (C=O) groups is 1. The highest BCUT2D eigenvalue weighted by Crippen LogP contribution is 2.27. The molecule has 5 rings (SSSR count). The number of hydrogen-bond acceptors (Lipinski definition) is 5. The van der Waals surface area contributed by atoms with Gasteiger partial charge < -0.3 is 9.47 Å². The molecular weight excluding hydrogens is 366 g/mol. The number of amides is 1. The molecule has 29 heavy (non-hydrogen) atoms. The number of rotatable bonds is 4. The Morgan fingerprint density at radius 2 is 2.00 bits per heavy atom. The van der Waals surface area contributed by atoms with E-state index < -0.39 is 0 Å². The molecule has 1 unspecified atom stereocenters. The molecule has 0 radical (unpaired) electrons. The molecule has 1 fully saturated rings. The lowest BCUT2D eigenvalue weighted by molar-refractivity contribution is 0.0698. The van der Waals surface area contributed by atoms with Crippen LogP contribution >= 0.6 is 0 Å². The standard InChI is InChI=1S/C21H21N7O/c29-20(18-15-28-11-2-6-24-21(28)25-18)27-10-1-3-17(14-27)19-23-9-12-26(19)13-16-4-7-22-8-5-16/h2,4-9,11-12,15,17H,1,3,10,13-14H2. The minimum absolute atomic E-state index is 0.0487. The largest absolute Gasteiger partial charge is 0.337 e. The fourth-order valence-electron chi connectivity index (χ4n) is 3.97. The number of aromatic nitrogens is 6. The smallest absolute Gasteiger partial charge is 0.274 e. The van der Waals surface area contributed by atoms with Crippen LogP contribution in [0, 0.1) is 0 Å². The van der Waals surface area contributed by atoms with Crippen molar-refractivity contribution in [2.75, 3.05) is 13.1 Å². The summed E-state index contributed by atoms with van der Waals surface area (Å²) < 4.78 is 3.94. The number of pyridine rings is 1. The summed E-state index contributed by atoms with van der Waals surface area (Å²) in [7, 11) is 0. The predicted octanol–water partition coefficient (Wildman–Crippen LogP) is 2.39. The molecule has 0 spiro atoms. The first-order chi connectivity index (χ1) is 14.3. The number of likely N-dealkylation sites (tertiary alicyclic amines) is 1. The molecule has 4 aromatic heterocycles. The first-order valence-corrected chi connectivity index (χ1v) is 9.77. The van der Waals surface area contributed by atoms with E-state index in [4.69, 9.17) is 0 Å². The molecule has 0 N–H and O–H groups in total. The van der Waals surface area contributed by atoms with Gasteiger partial charge >= 0.3 is 0 Å². The summed E-state index contributed by atoms with van der Waals surface area (Å²) in [6.07, 6.45) is 14.7. The van der Waals surface area contributed by atoms with Gasteiger partial charge in [-0.05, 0) is 36.6 Å². The maximum atomic E-state index is 13.0. The van der Waals surface area contributed by atoms with Crippen LogP contribution in [0.2, 0.25) is 0 Å². The maximum Gasteiger partial charge on any atom is 0.274 e. The van der Waals surface area contributed by atoms with Crippen LogP contribution < -0.4 is 0 Å². The van der Waals surface area contributed by atoms with Gasteiger partial charge in [-0.25, -0.2) is 15.0 Å². The highest BCUT2D eigenvalue weighted by atomic mass is 16.2. The van der Waals surface area contributed by atoms with E-state index in [-0.39, 0.29) is 11.8 Å². The van der Waals surface area contributed by atoms with Gasteiger partial charge in [0.1, 0.15) is 11.5 Å². The van der Waals surface area contributed by atoms with Gasteiger partial charge in [0.2, 0.25) is 5.78 Å². The number of fused-ring (bicyclic) bond motifs is 1. The topological polar surface area (TPSA) is 81.2 Å². The molecule has 4 aromatic rings. The molecule has 0 aliphatic carbocycles. The minimum atomic E-state index is -0.0487. The normalized spacial score (nSPS) is 17.0. The van der Waals surface area contributed by atoms with Crippen LogP contribution in [0.25, 0.3) is 5.78 Å². The first-order valence-electron chi connectivity index (χ1n) is 9.77.